The van der Waals surface area contributed by atoms with E-state index in [9.17, 15) is 19.8 Å². The summed E-state index contributed by atoms with van der Waals surface area (Å²) in [6.45, 7) is 1.94. The second-order valence-electron chi connectivity index (χ2n) is 8.58. The van der Waals surface area contributed by atoms with Crippen molar-refractivity contribution in [2.75, 3.05) is 0 Å². The molecule has 34 heavy (non-hydrogen) atoms. The van der Waals surface area contributed by atoms with Crippen molar-refractivity contribution >= 4 is 16.9 Å². The molecule has 4 rings (SSSR count). The summed E-state index contributed by atoms with van der Waals surface area (Å²) in [6, 6.07) is 13.2. The van der Waals surface area contributed by atoms with Gasteiger partial charge in [0.15, 0.2) is 0 Å². The van der Waals surface area contributed by atoms with Crippen LogP contribution in [0.2, 0.25) is 0 Å². The van der Waals surface area contributed by atoms with E-state index in [1.54, 1.807) is 23.0 Å². The standard InChI is InChI=1S/C25H27N5O4/c1-16-3-9-22-21(13-16)24(32)30(28-27-22)12-11-20(25(33)34)23(31)10-6-17-4-7-18(8-5-17)19-14-26-29(2)15-19/h3-5,7-9,13-15,20,23,31H,6,10-12H2,1-2H3,(H,33,34)/t20?,23-/m1/s1. The molecule has 2 N–H and O–H groups in total. The normalized spacial score (nSPS) is 13.1. The number of fused-ring (bicyclic) bond motifs is 1. The molecule has 1 unspecified atom stereocenters. The Morgan fingerprint density at radius 1 is 1.09 bits per heavy atom. The number of aryl methyl sites for hydroxylation is 4. The average molecular weight is 462 g/mol. The maximum atomic E-state index is 12.7. The molecule has 0 aliphatic heterocycles. The zero-order valence-electron chi connectivity index (χ0n) is 19.1. The average Bonchev–Trinajstić information content (AvgIpc) is 3.26. The number of carboxylic acids is 1. The van der Waals surface area contributed by atoms with Crippen molar-refractivity contribution in [3.8, 4) is 11.1 Å². The Morgan fingerprint density at radius 2 is 1.85 bits per heavy atom. The minimum absolute atomic E-state index is 0.0591. The largest absolute Gasteiger partial charge is 0.481 e. The van der Waals surface area contributed by atoms with Crippen molar-refractivity contribution in [2.45, 2.75) is 38.8 Å². The SMILES string of the molecule is Cc1ccc2nnn(CCC(C(=O)O)[C@H](O)CCc3ccc(-c4cnn(C)c4)cc3)c(=O)c2c1. The summed E-state index contributed by atoms with van der Waals surface area (Å²) in [4.78, 5) is 24.5. The number of rotatable bonds is 9. The second kappa shape index (κ2) is 9.96. The maximum absolute atomic E-state index is 12.7. The van der Waals surface area contributed by atoms with Crippen molar-refractivity contribution in [2.24, 2.45) is 13.0 Å². The fourth-order valence-electron chi connectivity index (χ4n) is 4.03. The Hall–Kier alpha value is -3.85. The highest BCUT2D eigenvalue weighted by Gasteiger charge is 2.26. The van der Waals surface area contributed by atoms with Gasteiger partial charge in [-0.25, -0.2) is 4.68 Å². The molecule has 0 aliphatic carbocycles. The van der Waals surface area contributed by atoms with Crippen molar-refractivity contribution in [1.82, 2.24) is 24.8 Å². The number of benzene rings is 2. The lowest BCUT2D eigenvalue weighted by Gasteiger charge is -2.19. The quantitative estimate of drug-likeness (QED) is 0.393. The number of aliphatic carboxylic acids is 1. The summed E-state index contributed by atoms with van der Waals surface area (Å²) in [7, 11) is 1.86. The first-order valence-electron chi connectivity index (χ1n) is 11.1. The molecule has 0 bridgehead atoms. The molecule has 0 aliphatic rings. The number of aromatic nitrogens is 5. The lowest BCUT2D eigenvalue weighted by atomic mass is 9.93. The van der Waals surface area contributed by atoms with E-state index in [-0.39, 0.29) is 18.5 Å². The van der Waals surface area contributed by atoms with Gasteiger partial charge in [0.25, 0.3) is 5.56 Å². The van der Waals surface area contributed by atoms with Crippen LogP contribution < -0.4 is 5.56 Å². The summed E-state index contributed by atoms with van der Waals surface area (Å²) in [5.74, 6) is -2.12. The van der Waals surface area contributed by atoms with Gasteiger partial charge in [0.1, 0.15) is 5.52 Å². The maximum Gasteiger partial charge on any atom is 0.309 e. The number of aliphatic hydroxyl groups is 1. The van der Waals surface area contributed by atoms with Gasteiger partial charge in [-0.2, -0.15) is 5.10 Å². The number of carbonyl (C=O) groups is 1. The van der Waals surface area contributed by atoms with Crippen LogP contribution in [0.3, 0.4) is 0 Å². The molecular weight excluding hydrogens is 434 g/mol. The number of hydrogen-bond donors (Lipinski definition) is 2. The molecule has 9 nitrogen and oxygen atoms in total. The Kier molecular flexibility index (Phi) is 6.83. The molecule has 9 heteroatoms. The van der Waals surface area contributed by atoms with Crippen LogP contribution in [0.1, 0.15) is 24.0 Å². The third kappa shape index (κ3) is 5.20. The van der Waals surface area contributed by atoms with Gasteiger partial charge in [0.2, 0.25) is 0 Å². The minimum Gasteiger partial charge on any atom is -0.481 e. The van der Waals surface area contributed by atoms with Crippen LogP contribution in [0.25, 0.3) is 22.0 Å². The lowest BCUT2D eigenvalue weighted by Crippen LogP contribution is -2.32. The highest BCUT2D eigenvalue weighted by Crippen LogP contribution is 2.21. The van der Waals surface area contributed by atoms with Crippen LogP contribution in [-0.4, -0.2) is 47.1 Å². The molecule has 0 spiro atoms. The number of aliphatic hydroxyl groups excluding tert-OH is 1. The Bertz CT molecular complexity index is 1360. The van der Waals surface area contributed by atoms with Gasteiger partial charge >= 0.3 is 5.97 Å². The van der Waals surface area contributed by atoms with Crippen LogP contribution in [0, 0.1) is 12.8 Å². The van der Waals surface area contributed by atoms with Crippen LogP contribution in [0.5, 0.6) is 0 Å². The van der Waals surface area contributed by atoms with E-state index in [2.05, 4.69) is 15.4 Å². The Morgan fingerprint density at radius 3 is 2.53 bits per heavy atom. The summed E-state index contributed by atoms with van der Waals surface area (Å²) < 4.78 is 2.91. The topological polar surface area (TPSA) is 123 Å². The number of hydrogen-bond acceptors (Lipinski definition) is 6. The van der Waals surface area contributed by atoms with Gasteiger partial charge in [-0.15, -0.1) is 5.10 Å². The molecule has 0 fully saturated rings. The molecule has 2 atom stereocenters. The van der Waals surface area contributed by atoms with Gasteiger partial charge in [-0.05, 0) is 49.4 Å². The number of nitrogens with zero attached hydrogens (tertiary/aromatic N) is 5. The predicted octanol–water partition coefficient (Wildman–Crippen LogP) is 2.59. The van der Waals surface area contributed by atoms with Crippen LogP contribution in [0.15, 0.2) is 59.7 Å². The highest BCUT2D eigenvalue weighted by atomic mass is 16.4. The summed E-state index contributed by atoms with van der Waals surface area (Å²) in [5.41, 5.74) is 4.16. The fourth-order valence-corrected chi connectivity index (χ4v) is 4.03. The first-order chi connectivity index (χ1) is 16.3. The molecule has 2 aromatic carbocycles. The van der Waals surface area contributed by atoms with Crippen LogP contribution in [0.4, 0.5) is 0 Å². The molecule has 4 aromatic rings. The minimum atomic E-state index is -1.10. The van der Waals surface area contributed by atoms with Gasteiger partial charge in [-0.1, -0.05) is 41.1 Å². The van der Waals surface area contributed by atoms with E-state index < -0.39 is 18.0 Å². The van der Waals surface area contributed by atoms with Gasteiger partial charge < -0.3 is 10.2 Å². The van der Waals surface area contributed by atoms with E-state index in [1.165, 1.54) is 4.68 Å². The second-order valence-corrected chi connectivity index (χ2v) is 8.58. The van der Waals surface area contributed by atoms with E-state index in [0.29, 0.717) is 23.7 Å². The van der Waals surface area contributed by atoms with E-state index in [1.807, 2.05) is 50.5 Å². The summed E-state index contributed by atoms with van der Waals surface area (Å²) in [5, 5.41) is 32.9. The first kappa shape index (κ1) is 23.3. The Labute approximate surface area is 196 Å². The predicted molar refractivity (Wildman–Crippen MR) is 127 cm³/mol. The van der Waals surface area contributed by atoms with Gasteiger partial charge in [-0.3, -0.25) is 14.3 Å². The van der Waals surface area contributed by atoms with Crippen molar-refractivity contribution in [1.29, 1.82) is 0 Å². The smallest absolute Gasteiger partial charge is 0.309 e. The third-order valence-corrected chi connectivity index (χ3v) is 6.03. The molecular formula is C25H27N5O4. The first-order valence-corrected chi connectivity index (χ1v) is 11.1. The fraction of sp³-hybridized carbons (Fsp3) is 0.320. The molecule has 2 aromatic heterocycles. The van der Waals surface area contributed by atoms with E-state index in [0.717, 1.165) is 22.3 Å². The third-order valence-electron chi connectivity index (χ3n) is 6.03. The monoisotopic (exact) mass is 461 g/mol. The van der Waals surface area contributed by atoms with Crippen molar-refractivity contribution in [3.63, 3.8) is 0 Å². The number of carboxylic acid groups (broad SMARTS) is 1. The Balaban J connectivity index is 1.39. The molecule has 2 heterocycles. The summed E-state index contributed by atoms with van der Waals surface area (Å²) in [6.07, 6.45) is 3.57. The van der Waals surface area contributed by atoms with Gasteiger partial charge in [0, 0.05) is 25.4 Å². The molecule has 0 amide bonds. The zero-order chi connectivity index (χ0) is 24.2. The summed E-state index contributed by atoms with van der Waals surface area (Å²) >= 11 is 0. The highest BCUT2D eigenvalue weighted by molar-refractivity contribution is 5.77. The molecule has 0 saturated carbocycles. The lowest BCUT2D eigenvalue weighted by molar-refractivity contribution is -0.146. The molecule has 0 radical (unpaired) electrons. The van der Waals surface area contributed by atoms with Crippen molar-refractivity contribution in [3.05, 3.63) is 76.3 Å². The van der Waals surface area contributed by atoms with Gasteiger partial charge in [0.05, 0.1) is 23.6 Å². The zero-order valence-corrected chi connectivity index (χ0v) is 19.1. The molecule has 176 valence electrons. The van der Waals surface area contributed by atoms with Crippen molar-refractivity contribution < 1.29 is 15.0 Å². The van der Waals surface area contributed by atoms with E-state index >= 15 is 0 Å². The van der Waals surface area contributed by atoms with E-state index in [4.69, 9.17) is 0 Å². The molecule has 0 saturated heterocycles. The van der Waals surface area contributed by atoms with Crippen LogP contribution in [-0.2, 0) is 24.8 Å². The van der Waals surface area contributed by atoms with Crippen LogP contribution >= 0.6 is 0 Å².